The number of amides is 1. The molecule has 0 aliphatic heterocycles. The van der Waals surface area contributed by atoms with Gasteiger partial charge in [-0.2, -0.15) is 0 Å². The summed E-state index contributed by atoms with van der Waals surface area (Å²) in [5, 5.41) is 13.6. The van der Waals surface area contributed by atoms with Crippen LogP contribution < -0.4 is 11.1 Å². The number of hydrogen-bond acceptors (Lipinski definition) is 5. The molecule has 0 bridgehead atoms. The number of halogens is 1. The van der Waals surface area contributed by atoms with Gasteiger partial charge >= 0.3 is 0 Å². The van der Waals surface area contributed by atoms with E-state index >= 15 is 0 Å². The molecule has 4 N–H and O–H groups in total. The predicted octanol–water partition coefficient (Wildman–Crippen LogP) is 3.34. The molecule has 0 radical (unpaired) electrons. The number of benzene rings is 2. The molecule has 1 unspecified atom stereocenters. The van der Waals surface area contributed by atoms with Crippen molar-refractivity contribution in [2.75, 3.05) is 11.1 Å². The zero-order valence-electron chi connectivity index (χ0n) is 16.4. The highest BCUT2D eigenvalue weighted by molar-refractivity contribution is 6.01. The normalized spacial score (nSPS) is 12.1. The minimum Gasteiger partial charge on any atom is -0.383 e. The van der Waals surface area contributed by atoms with Crippen molar-refractivity contribution >= 4 is 28.4 Å². The molecule has 4 rings (SSSR count). The summed E-state index contributed by atoms with van der Waals surface area (Å²) >= 11 is 0. The molecule has 0 aliphatic rings. The zero-order chi connectivity index (χ0) is 21.4. The summed E-state index contributed by atoms with van der Waals surface area (Å²) in [7, 11) is 1.89. The van der Waals surface area contributed by atoms with E-state index in [1.807, 2.05) is 29.9 Å². The molecular formula is C22H20FN5O2. The molecular weight excluding hydrogens is 385 g/mol. The summed E-state index contributed by atoms with van der Waals surface area (Å²) in [5.41, 5.74) is 9.31. The van der Waals surface area contributed by atoms with Crippen LogP contribution in [0.5, 0.6) is 0 Å². The van der Waals surface area contributed by atoms with Gasteiger partial charge in [0.25, 0.3) is 5.91 Å². The number of carbonyl (C=O) groups excluding carboxylic acids is 1. The number of nitrogens with two attached hydrogens (primary N) is 1. The molecule has 7 nitrogen and oxygen atoms in total. The molecule has 0 saturated carbocycles. The second-order valence-electron chi connectivity index (χ2n) is 7.03. The van der Waals surface area contributed by atoms with Crippen LogP contribution in [0.15, 0.2) is 54.7 Å². The Kier molecular flexibility index (Phi) is 4.93. The fourth-order valence-corrected chi connectivity index (χ4v) is 3.40. The maximum Gasteiger partial charge on any atom is 0.257 e. The van der Waals surface area contributed by atoms with Crippen LogP contribution >= 0.6 is 0 Å². The third kappa shape index (κ3) is 3.60. The number of fused-ring (bicyclic) bond motifs is 1. The highest BCUT2D eigenvalue weighted by Crippen LogP contribution is 2.33. The number of nitrogens with zero attached hydrogens (tertiary/aromatic N) is 3. The lowest BCUT2D eigenvalue weighted by Crippen LogP contribution is -2.20. The van der Waals surface area contributed by atoms with Gasteiger partial charge < -0.3 is 20.7 Å². The van der Waals surface area contributed by atoms with E-state index in [9.17, 15) is 14.3 Å². The molecule has 152 valence electrons. The molecule has 8 heteroatoms. The number of anilines is 2. The predicted molar refractivity (Wildman–Crippen MR) is 113 cm³/mol. The van der Waals surface area contributed by atoms with Crippen LogP contribution in [-0.4, -0.2) is 25.5 Å². The lowest BCUT2D eigenvalue weighted by Gasteiger charge is -2.12. The average Bonchev–Trinajstić information content (AvgIpc) is 3.04. The van der Waals surface area contributed by atoms with Crippen molar-refractivity contribution in [1.29, 1.82) is 0 Å². The molecule has 0 fully saturated rings. The highest BCUT2D eigenvalue weighted by atomic mass is 19.1. The van der Waals surface area contributed by atoms with E-state index in [1.165, 1.54) is 18.2 Å². The summed E-state index contributed by atoms with van der Waals surface area (Å²) in [6, 6.07) is 12.4. The first kappa shape index (κ1) is 19.5. The molecule has 2 aromatic carbocycles. The first-order valence-corrected chi connectivity index (χ1v) is 9.27. The third-order valence-electron chi connectivity index (χ3n) is 4.83. The average molecular weight is 405 g/mol. The van der Waals surface area contributed by atoms with Crippen LogP contribution in [0.25, 0.3) is 22.2 Å². The van der Waals surface area contributed by atoms with Gasteiger partial charge in [0.1, 0.15) is 23.1 Å². The van der Waals surface area contributed by atoms with Crippen molar-refractivity contribution in [2.45, 2.75) is 13.0 Å². The number of rotatable bonds is 4. The Hall–Kier alpha value is -3.78. The fraction of sp³-hybridized carbons (Fsp3) is 0.136. The molecule has 2 aromatic heterocycles. The standard InChI is InChI=1S/C22H20FN5O2/c1-12-25-20(24)18-17(11-28(2)21(18)26-12)13-6-8-16(9-7-13)27-22(30)19(29)14-4-3-5-15(23)10-14/h3-11,19,29H,1-2H3,(H,27,30)(H2,24,25,26). The van der Waals surface area contributed by atoms with Crippen LogP contribution in [0.4, 0.5) is 15.9 Å². The Bertz CT molecular complexity index is 1250. The Morgan fingerprint density at radius 1 is 1.20 bits per heavy atom. The maximum absolute atomic E-state index is 13.3. The van der Waals surface area contributed by atoms with Gasteiger partial charge in [0, 0.05) is 24.5 Å². The fourth-order valence-electron chi connectivity index (χ4n) is 3.40. The van der Waals surface area contributed by atoms with Gasteiger partial charge in [0.05, 0.1) is 5.39 Å². The van der Waals surface area contributed by atoms with Crippen molar-refractivity contribution in [1.82, 2.24) is 14.5 Å². The van der Waals surface area contributed by atoms with Gasteiger partial charge in [-0.1, -0.05) is 24.3 Å². The van der Waals surface area contributed by atoms with E-state index < -0.39 is 17.8 Å². The Morgan fingerprint density at radius 3 is 2.63 bits per heavy atom. The Labute approximate surface area is 172 Å². The zero-order valence-corrected chi connectivity index (χ0v) is 16.4. The quantitative estimate of drug-likeness (QED) is 0.483. The van der Waals surface area contributed by atoms with Crippen LogP contribution in [0, 0.1) is 12.7 Å². The van der Waals surface area contributed by atoms with Crippen molar-refractivity contribution in [3.8, 4) is 11.1 Å². The Balaban J connectivity index is 1.58. The molecule has 30 heavy (non-hydrogen) atoms. The molecule has 0 saturated heterocycles. The lowest BCUT2D eigenvalue weighted by atomic mass is 10.1. The topological polar surface area (TPSA) is 106 Å². The summed E-state index contributed by atoms with van der Waals surface area (Å²) in [4.78, 5) is 21.0. The maximum atomic E-state index is 13.3. The van der Waals surface area contributed by atoms with Crippen molar-refractivity contribution in [3.63, 3.8) is 0 Å². The first-order valence-electron chi connectivity index (χ1n) is 9.27. The summed E-state index contributed by atoms with van der Waals surface area (Å²) in [6.45, 7) is 1.79. The molecule has 2 heterocycles. The van der Waals surface area contributed by atoms with Gasteiger partial charge in [0.2, 0.25) is 0 Å². The molecule has 0 aliphatic carbocycles. The van der Waals surface area contributed by atoms with Crippen LogP contribution in [0.2, 0.25) is 0 Å². The minimum atomic E-state index is -1.47. The van der Waals surface area contributed by atoms with Crippen LogP contribution in [0.1, 0.15) is 17.5 Å². The number of aliphatic hydroxyl groups is 1. The van der Waals surface area contributed by atoms with E-state index in [0.717, 1.165) is 28.2 Å². The number of aliphatic hydroxyl groups excluding tert-OH is 1. The van der Waals surface area contributed by atoms with E-state index in [4.69, 9.17) is 5.73 Å². The lowest BCUT2D eigenvalue weighted by molar-refractivity contribution is -0.124. The number of nitrogen functional groups attached to an aromatic ring is 1. The molecule has 1 amide bonds. The summed E-state index contributed by atoms with van der Waals surface area (Å²) < 4.78 is 15.2. The van der Waals surface area contributed by atoms with Crippen molar-refractivity contribution < 1.29 is 14.3 Å². The van der Waals surface area contributed by atoms with E-state index in [1.54, 1.807) is 19.1 Å². The monoisotopic (exact) mass is 405 g/mol. The number of carbonyl (C=O) groups is 1. The van der Waals surface area contributed by atoms with Gasteiger partial charge in [-0.3, -0.25) is 4.79 Å². The third-order valence-corrected chi connectivity index (χ3v) is 4.83. The number of aromatic nitrogens is 3. The SMILES string of the molecule is Cc1nc(N)c2c(-c3ccc(NC(=O)C(O)c4cccc(F)c4)cc3)cn(C)c2n1. The first-order chi connectivity index (χ1) is 14.3. The summed E-state index contributed by atoms with van der Waals surface area (Å²) in [6.07, 6.45) is 0.454. The highest BCUT2D eigenvalue weighted by Gasteiger charge is 2.18. The van der Waals surface area contributed by atoms with E-state index in [2.05, 4.69) is 15.3 Å². The van der Waals surface area contributed by atoms with Crippen molar-refractivity contribution in [3.05, 3.63) is 71.9 Å². The van der Waals surface area contributed by atoms with Gasteiger partial charge in [0.15, 0.2) is 6.10 Å². The molecule has 1 atom stereocenters. The second-order valence-corrected chi connectivity index (χ2v) is 7.03. The number of aryl methyl sites for hydroxylation is 2. The summed E-state index contributed by atoms with van der Waals surface area (Å²) in [5.74, 6) is -0.157. The van der Waals surface area contributed by atoms with E-state index in [-0.39, 0.29) is 5.56 Å². The van der Waals surface area contributed by atoms with Crippen LogP contribution in [-0.2, 0) is 11.8 Å². The molecule has 0 spiro atoms. The minimum absolute atomic E-state index is 0.186. The smallest absolute Gasteiger partial charge is 0.257 e. The van der Waals surface area contributed by atoms with Crippen molar-refractivity contribution in [2.24, 2.45) is 7.05 Å². The largest absolute Gasteiger partial charge is 0.383 e. The second kappa shape index (κ2) is 7.57. The molecule has 4 aromatic rings. The van der Waals surface area contributed by atoms with Gasteiger partial charge in [-0.15, -0.1) is 0 Å². The number of hydrogen-bond donors (Lipinski definition) is 3. The van der Waals surface area contributed by atoms with Gasteiger partial charge in [-0.25, -0.2) is 14.4 Å². The van der Waals surface area contributed by atoms with Gasteiger partial charge in [-0.05, 0) is 42.3 Å². The van der Waals surface area contributed by atoms with Crippen LogP contribution in [0.3, 0.4) is 0 Å². The number of nitrogens with one attached hydrogen (secondary N) is 1. The Morgan fingerprint density at radius 2 is 1.93 bits per heavy atom. The van der Waals surface area contributed by atoms with E-state index in [0.29, 0.717) is 17.3 Å².